The van der Waals surface area contributed by atoms with Crippen molar-refractivity contribution in [3.8, 4) is 0 Å². The lowest BCUT2D eigenvalue weighted by Gasteiger charge is -2.18. The number of aliphatic carboxylic acids is 1. The van der Waals surface area contributed by atoms with Crippen LogP contribution >= 0.6 is 11.8 Å². The summed E-state index contributed by atoms with van der Waals surface area (Å²) >= 11 is 1.60. The highest BCUT2D eigenvalue weighted by Crippen LogP contribution is 2.23. The molecule has 1 rings (SSSR count). The van der Waals surface area contributed by atoms with Gasteiger partial charge in [0.05, 0.1) is 0 Å². The summed E-state index contributed by atoms with van der Waals surface area (Å²) in [5, 5.41) is 11.8. The smallest absolute Gasteiger partial charge is 0.326 e. The van der Waals surface area contributed by atoms with Crippen LogP contribution in [0.3, 0.4) is 0 Å². The van der Waals surface area contributed by atoms with Gasteiger partial charge in [0, 0.05) is 5.92 Å². The van der Waals surface area contributed by atoms with Crippen molar-refractivity contribution in [1.29, 1.82) is 0 Å². The van der Waals surface area contributed by atoms with Crippen molar-refractivity contribution in [2.75, 3.05) is 12.0 Å². The lowest BCUT2D eigenvalue weighted by atomic mass is 9.99. The number of carbonyl (C=O) groups excluding carboxylic acids is 1. The number of hydrogen-bond acceptors (Lipinski definition) is 3. The molecule has 0 heterocycles. The van der Waals surface area contributed by atoms with E-state index in [1.807, 2.05) is 6.26 Å². The summed E-state index contributed by atoms with van der Waals surface area (Å²) in [4.78, 5) is 23.1. The average Bonchev–Trinajstić information content (AvgIpc) is 2.62. The van der Waals surface area contributed by atoms with Crippen LogP contribution in [0, 0.1) is 5.92 Å². The molecule has 5 heteroatoms. The van der Waals surface area contributed by atoms with E-state index < -0.39 is 12.0 Å². The largest absolute Gasteiger partial charge is 0.480 e. The van der Waals surface area contributed by atoms with Gasteiger partial charge in [-0.25, -0.2) is 4.79 Å². The van der Waals surface area contributed by atoms with Crippen LogP contribution in [0.5, 0.6) is 0 Å². The summed E-state index contributed by atoms with van der Waals surface area (Å²) in [5.41, 5.74) is 0. The topological polar surface area (TPSA) is 66.4 Å². The first kappa shape index (κ1) is 15.3. The van der Waals surface area contributed by atoms with Gasteiger partial charge in [0.2, 0.25) is 5.91 Å². The number of carboxylic acid groups (broad SMARTS) is 1. The predicted octanol–water partition coefficient (Wildman–Crippen LogP) is 2.28. The molecule has 1 amide bonds. The first-order chi connectivity index (χ1) is 8.65. The fourth-order valence-electron chi connectivity index (χ4n) is 2.32. The number of amides is 1. The minimum absolute atomic E-state index is 0.0172. The maximum atomic E-state index is 12.0. The molecule has 1 aliphatic carbocycles. The third-order valence-corrected chi connectivity index (χ3v) is 4.10. The molecule has 0 saturated heterocycles. The summed E-state index contributed by atoms with van der Waals surface area (Å²) in [6.07, 6.45) is 8.79. The van der Waals surface area contributed by atoms with E-state index >= 15 is 0 Å². The van der Waals surface area contributed by atoms with Crippen molar-refractivity contribution in [3.05, 3.63) is 0 Å². The number of carboxylic acids is 1. The second kappa shape index (κ2) is 8.40. The zero-order chi connectivity index (χ0) is 13.4. The van der Waals surface area contributed by atoms with Crippen LogP contribution in [-0.2, 0) is 9.59 Å². The Balaban J connectivity index is 2.45. The van der Waals surface area contributed by atoms with E-state index in [4.69, 9.17) is 5.11 Å². The Morgan fingerprint density at radius 1 is 1.28 bits per heavy atom. The summed E-state index contributed by atoms with van der Waals surface area (Å²) in [6, 6.07) is -0.729. The Bertz CT molecular complexity index is 275. The Kier molecular flexibility index (Phi) is 7.16. The standard InChI is InChI=1S/C13H23NO3S/c1-18-9-8-11(13(16)17)14-12(15)10-6-4-2-3-5-7-10/h10-11H,2-9H2,1H3,(H,14,15)(H,16,17). The number of carbonyl (C=O) groups is 2. The van der Waals surface area contributed by atoms with Gasteiger partial charge >= 0.3 is 5.97 Å². The van der Waals surface area contributed by atoms with Crippen LogP contribution < -0.4 is 5.32 Å². The lowest BCUT2D eigenvalue weighted by Crippen LogP contribution is -2.43. The number of rotatable bonds is 6. The molecule has 1 atom stereocenters. The van der Waals surface area contributed by atoms with E-state index in [1.54, 1.807) is 11.8 Å². The predicted molar refractivity (Wildman–Crippen MR) is 73.8 cm³/mol. The molecular weight excluding hydrogens is 250 g/mol. The molecule has 0 radical (unpaired) electrons. The van der Waals surface area contributed by atoms with Crippen LogP contribution in [0.15, 0.2) is 0 Å². The zero-order valence-electron chi connectivity index (χ0n) is 11.0. The number of nitrogens with one attached hydrogen (secondary N) is 1. The summed E-state index contributed by atoms with van der Waals surface area (Å²) in [7, 11) is 0. The second-order valence-corrected chi connectivity index (χ2v) is 5.85. The van der Waals surface area contributed by atoms with E-state index in [0.717, 1.165) is 31.4 Å². The molecule has 104 valence electrons. The zero-order valence-corrected chi connectivity index (χ0v) is 11.8. The molecule has 0 aliphatic heterocycles. The normalized spacial score (nSPS) is 18.9. The van der Waals surface area contributed by atoms with Gasteiger partial charge in [-0.15, -0.1) is 0 Å². The van der Waals surface area contributed by atoms with Crippen molar-refractivity contribution in [1.82, 2.24) is 5.32 Å². The van der Waals surface area contributed by atoms with Crippen molar-refractivity contribution >= 4 is 23.6 Å². The Hall–Kier alpha value is -0.710. The number of thioether (sulfide) groups is 1. The molecule has 1 aliphatic rings. The van der Waals surface area contributed by atoms with E-state index in [2.05, 4.69) is 5.32 Å². The summed E-state index contributed by atoms with van der Waals surface area (Å²) in [6.45, 7) is 0. The molecule has 0 aromatic rings. The van der Waals surface area contributed by atoms with Crippen LogP contribution in [0.2, 0.25) is 0 Å². The average molecular weight is 273 g/mol. The first-order valence-electron chi connectivity index (χ1n) is 6.67. The molecule has 0 aromatic carbocycles. The Morgan fingerprint density at radius 2 is 1.89 bits per heavy atom. The van der Waals surface area contributed by atoms with Crippen LogP contribution in [0.25, 0.3) is 0 Å². The molecule has 1 fully saturated rings. The van der Waals surface area contributed by atoms with Crippen LogP contribution in [0.1, 0.15) is 44.9 Å². The van der Waals surface area contributed by atoms with Gasteiger partial charge < -0.3 is 10.4 Å². The minimum Gasteiger partial charge on any atom is -0.480 e. The fourth-order valence-corrected chi connectivity index (χ4v) is 2.80. The van der Waals surface area contributed by atoms with Gasteiger partial charge in [-0.2, -0.15) is 11.8 Å². The van der Waals surface area contributed by atoms with Gasteiger partial charge in [-0.05, 0) is 31.3 Å². The van der Waals surface area contributed by atoms with Gasteiger partial charge in [-0.1, -0.05) is 25.7 Å². The van der Waals surface area contributed by atoms with E-state index in [9.17, 15) is 9.59 Å². The SMILES string of the molecule is CSCCC(NC(=O)C1CCCCCC1)C(=O)O. The quantitative estimate of drug-likeness (QED) is 0.729. The van der Waals surface area contributed by atoms with Crippen molar-refractivity contribution in [2.45, 2.75) is 51.0 Å². The molecule has 2 N–H and O–H groups in total. The van der Waals surface area contributed by atoms with E-state index in [0.29, 0.717) is 6.42 Å². The number of hydrogen-bond donors (Lipinski definition) is 2. The Morgan fingerprint density at radius 3 is 2.39 bits per heavy atom. The van der Waals surface area contributed by atoms with Gasteiger partial charge in [0.1, 0.15) is 6.04 Å². The summed E-state index contributed by atoms with van der Waals surface area (Å²) < 4.78 is 0. The van der Waals surface area contributed by atoms with Crippen molar-refractivity contribution in [3.63, 3.8) is 0 Å². The Labute approximate surface area is 113 Å². The summed E-state index contributed by atoms with van der Waals surface area (Å²) in [5.74, 6) is -0.220. The third-order valence-electron chi connectivity index (χ3n) is 3.45. The monoisotopic (exact) mass is 273 g/mol. The molecular formula is C13H23NO3S. The highest BCUT2D eigenvalue weighted by atomic mass is 32.2. The van der Waals surface area contributed by atoms with Gasteiger partial charge in [0.25, 0.3) is 0 Å². The van der Waals surface area contributed by atoms with E-state index in [-0.39, 0.29) is 11.8 Å². The fraction of sp³-hybridized carbons (Fsp3) is 0.846. The van der Waals surface area contributed by atoms with Gasteiger partial charge in [0.15, 0.2) is 0 Å². The minimum atomic E-state index is -0.925. The highest BCUT2D eigenvalue weighted by molar-refractivity contribution is 7.98. The van der Waals surface area contributed by atoms with E-state index in [1.165, 1.54) is 12.8 Å². The molecule has 0 aromatic heterocycles. The highest BCUT2D eigenvalue weighted by Gasteiger charge is 2.25. The van der Waals surface area contributed by atoms with Crippen molar-refractivity contribution < 1.29 is 14.7 Å². The van der Waals surface area contributed by atoms with Crippen molar-refractivity contribution in [2.24, 2.45) is 5.92 Å². The molecule has 1 saturated carbocycles. The maximum Gasteiger partial charge on any atom is 0.326 e. The van der Waals surface area contributed by atoms with Crippen LogP contribution in [0.4, 0.5) is 0 Å². The third kappa shape index (κ3) is 5.29. The first-order valence-corrected chi connectivity index (χ1v) is 8.06. The molecule has 1 unspecified atom stereocenters. The van der Waals surface area contributed by atoms with Crippen LogP contribution in [-0.4, -0.2) is 35.0 Å². The maximum absolute atomic E-state index is 12.0. The second-order valence-electron chi connectivity index (χ2n) is 4.87. The molecule has 0 bridgehead atoms. The van der Waals surface area contributed by atoms with Gasteiger partial charge in [-0.3, -0.25) is 4.79 Å². The molecule has 18 heavy (non-hydrogen) atoms. The molecule has 0 spiro atoms. The molecule has 4 nitrogen and oxygen atoms in total. The lowest BCUT2D eigenvalue weighted by molar-refractivity contribution is -0.142.